The van der Waals surface area contributed by atoms with Crippen molar-refractivity contribution in [3.63, 3.8) is 0 Å². The zero-order valence-corrected chi connectivity index (χ0v) is 12.1. The third-order valence-corrected chi connectivity index (χ3v) is 4.25. The Morgan fingerprint density at radius 1 is 1.38 bits per heavy atom. The Morgan fingerprint density at radius 3 is 2.86 bits per heavy atom. The lowest BCUT2D eigenvalue weighted by Gasteiger charge is -2.28. The first-order valence-corrected chi connectivity index (χ1v) is 7.23. The lowest BCUT2D eigenvalue weighted by molar-refractivity contribution is -0.127. The van der Waals surface area contributed by atoms with Gasteiger partial charge in [-0.1, -0.05) is 0 Å². The first kappa shape index (κ1) is 13.8. The molecule has 0 spiro atoms. The summed E-state index contributed by atoms with van der Waals surface area (Å²) in [7, 11) is 2.15. The van der Waals surface area contributed by atoms with Crippen LogP contribution in [0.5, 0.6) is 0 Å². The second-order valence-corrected chi connectivity index (χ2v) is 5.69. The number of nitrogens with zero attached hydrogens (tertiary/aromatic N) is 1. The highest BCUT2D eigenvalue weighted by molar-refractivity contribution is 6.29. The normalized spacial score (nSPS) is 17.0. The monoisotopic (exact) mass is 285 g/mol. The third-order valence-electron chi connectivity index (χ3n) is 4.25. The van der Waals surface area contributed by atoms with E-state index in [2.05, 4.69) is 28.4 Å². The van der Waals surface area contributed by atoms with E-state index in [-0.39, 0.29) is 0 Å². The zero-order chi connectivity index (χ0) is 14.8. The maximum Gasteiger partial charge on any atom is 0.288 e. The van der Waals surface area contributed by atoms with Crippen LogP contribution >= 0.6 is 0 Å². The number of hydrogen-bond acceptors (Lipinski definition) is 3. The molecule has 1 saturated heterocycles. The molecule has 21 heavy (non-hydrogen) atoms. The zero-order valence-electron chi connectivity index (χ0n) is 12.1. The highest BCUT2D eigenvalue weighted by Gasteiger charge is 2.21. The Kier molecular flexibility index (Phi) is 3.75. The van der Waals surface area contributed by atoms with Gasteiger partial charge in [0.15, 0.2) is 0 Å². The van der Waals surface area contributed by atoms with Crippen molar-refractivity contribution in [1.82, 2.24) is 9.88 Å². The number of carbonyl (C=O) groups excluding carboxylic acids is 2. The minimum Gasteiger partial charge on any atom is -0.361 e. The molecule has 3 rings (SSSR count). The number of aldehydes is 1. The van der Waals surface area contributed by atoms with Gasteiger partial charge in [-0.15, -0.1) is 0 Å². The molecule has 0 saturated carbocycles. The fourth-order valence-electron chi connectivity index (χ4n) is 3.05. The van der Waals surface area contributed by atoms with Crippen molar-refractivity contribution in [2.75, 3.05) is 25.5 Å². The standard InChI is InChI=1S/C16H19N3O2/c1-19-6-4-11(5-7-19)14-9-17-15-3-2-12(8-13(14)15)18-16(21)10-20/h2-3,8-11,17H,4-7H2,1H3,(H,18,21). The van der Waals surface area contributed by atoms with Crippen molar-refractivity contribution in [2.45, 2.75) is 18.8 Å². The summed E-state index contributed by atoms with van der Waals surface area (Å²) in [6, 6.07) is 5.69. The van der Waals surface area contributed by atoms with E-state index >= 15 is 0 Å². The third kappa shape index (κ3) is 2.83. The van der Waals surface area contributed by atoms with Gasteiger partial charge in [0.05, 0.1) is 0 Å². The number of aromatic amines is 1. The molecular formula is C16H19N3O2. The number of benzene rings is 1. The van der Waals surface area contributed by atoms with E-state index in [1.807, 2.05) is 12.1 Å². The van der Waals surface area contributed by atoms with Gasteiger partial charge in [-0.05, 0) is 62.7 Å². The van der Waals surface area contributed by atoms with Gasteiger partial charge in [-0.25, -0.2) is 0 Å². The van der Waals surface area contributed by atoms with Gasteiger partial charge >= 0.3 is 0 Å². The van der Waals surface area contributed by atoms with E-state index in [4.69, 9.17) is 0 Å². The lowest BCUT2D eigenvalue weighted by atomic mass is 9.89. The summed E-state index contributed by atoms with van der Waals surface area (Å²) in [6.07, 6.45) is 4.66. The van der Waals surface area contributed by atoms with Crippen molar-refractivity contribution >= 4 is 28.8 Å². The summed E-state index contributed by atoms with van der Waals surface area (Å²) in [5, 5.41) is 3.71. The molecule has 1 aliphatic rings. The fraction of sp³-hybridized carbons (Fsp3) is 0.375. The Balaban J connectivity index is 1.90. The molecule has 1 aromatic carbocycles. The van der Waals surface area contributed by atoms with Gasteiger partial charge in [0.25, 0.3) is 5.91 Å². The Hall–Kier alpha value is -2.14. The van der Waals surface area contributed by atoms with Crippen LogP contribution < -0.4 is 5.32 Å². The summed E-state index contributed by atoms with van der Waals surface area (Å²) in [6.45, 7) is 2.22. The van der Waals surface area contributed by atoms with Crippen LogP contribution in [0.2, 0.25) is 0 Å². The molecule has 0 atom stereocenters. The molecule has 0 bridgehead atoms. The second kappa shape index (κ2) is 5.69. The van der Waals surface area contributed by atoms with Crippen molar-refractivity contribution in [2.24, 2.45) is 0 Å². The van der Waals surface area contributed by atoms with Crippen LogP contribution in [0.3, 0.4) is 0 Å². The summed E-state index contributed by atoms with van der Waals surface area (Å²) >= 11 is 0. The quantitative estimate of drug-likeness (QED) is 0.670. The molecule has 5 nitrogen and oxygen atoms in total. The minimum atomic E-state index is -0.620. The maximum absolute atomic E-state index is 11.2. The average molecular weight is 285 g/mol. The summed E-state index contributed by atoms with van der Waals surface area (Å²) in [5.74, 6) is -0.0716. The van der Waals surface area contributed by atoms with Crippen LogP contribution in [0, 0.1) is 0 Å². The van der Waals surface area contributed by atoms with Crippen LogP contribution in [-0.2, 0) is 9.59 Å². The number of rotatable bonds is 3. The van der Waals surface area contributed by atoms with Gasteiger partial charge in [0.2, 0.25) is 6.29 Å². The molecule has 1 aromatic heterocycles. The van der Waals surface area contributed by atoms with Gasteiger partial charge in [0.1, 0.15) is 0 Å². The molecule has 2 aromatic rings. The number of hydrogen-bond donors (Lipinski definition) is 2. The summed E-state index contributed by atoms with van der Waals surface area (Å²) in [4.78, 5) is 27.3. The molecular weight excluding hydrogens is 266 g/mol. The first-order chi connectivity index (χ1) is 10.2. The average Bonchev–Trinajstić information content (AvgIpc) is 2.91. The number of nitrogens with one attached hydrogen (secondary N) is 2. The molecule has 5 heteroatoms. The van der Waals surface area contributed by atoms with E-state index in [1.165, 1.54) is 5.56 Å². The fourth-order valence-corrected chi connectivity index (χ4v) is 3.05. The number of carbonyl (C=O) groups is 2. The molecule has 2 heterocycles. The van der Waals surface area contributed by atoms with Crippen LogP contribution in [0.15, 0.2) is 24.4 Å². The molecule has 1 aliphatic heterocycles. The van der Waals surface area contributed by atoms with E-state index in [1.54, 1.807) is 6.07 Å². The Morgan fingerprint density at radius 2 is 2.14 bits per heavy atom. The predicted molar refractivity (Wildman–Crippen MR) is 82.5 cm³/mol. The van der Waals surface area contributed by atoms with Gasteiger partial charge < -0.3 is 15.2 Å². The molecule has 0 aliphatic carbocycles. The summed E-state index contributed by atoms with van der Waals surface area (Å²) in [5.41, 5.74) is 3.03. The highest BCUT2D eigenvalue weighted by atomic mass is 16.2. The van der Waals surface area contributed by atoms with Crippen LogP contribution in [0.25, 0.3) is 10.9 Å². The SMILES string of the molecule is CN1CCC(c2c[nH]c3ccc(NC(=O)C=O)cc23)CC1. The molecule has 0 unspecified atom stereocenters. The van der Waals surface area contributed by atoms with Gasteiger partial charge in [0, 0.05) is 22.8 Å². The lowest BCUT2D eigenvalue weighted by Crippen LogP contribution is -2.29. The molecule has 0 radical (unpaired) electrons. The molecule has 1 fully saturated rings. The smallest absolute Gasteiger partial charge is 0.288 e. The van der Waals surface area contributed by atoms with E-state index < -0.39 is 5.91 Å². The van der Waals surface area contributed by atoms with Gasteiger partial charge in [-0.3, -0.25) is 9.59 Å². The number of H-pyrrole nitrogens is 1. The van der Waals surface area contributed by atoms with Crippen molar-refractivity contribution < 1.29 is 9.59 Å². The predicted octanol–water partition coefficient (Wildman–Crippen LogP) is 2.11. The van der Waals surface area contributed by atoms with Crippen molar-refractivity contribution in [3.8, 4) is 0 Å². The number of piperidine rings is 1. The number of anilines is 1. The molecule has 110 valence electrons. The van der Waals surface area contributed by atoms with E-state index in [0.29, 0.717) is 17.9 Å². The van der Waals surface area contributed by atoms with Gasteiger partial charge in [-0.2, -0.15) is 0 Å². The number of fused-ring (bicyclic) bond motifs is 1. The number of aromatic nitrogens is 1. The Labute approximate surface area is 123 Å². The summed E-state index contributed by atoms with van der Waals surface area (Å²) < 4.78 is 0. The first-order valence-electron chi connectivity index (χ1n) is 7.23. The van der Waals surface area contributed by atoms with Crippen LogP contribution in [0.4, 0.5) is 5.69 Å². The van der Waals surface area contributed by atoms with Crippen LogP contribution in [0.1, 0.15) is 24.3 Å². The van der Waals surface area contributed by atoms with Crippen molar-refractivity contribution in [1.29, 1.82) is 0 Å². The number of amides is 1. The number of likely N-dealkylation sites (tertiary alicyclic amines) is 1. The minimum absolute atomic E-state index is 0.291. The topological polar surface area (TPSA) is 65.2 Å². The van der Waals surface area contributed by atoms with Crippen molar-refractivity contribution in [3.05, 3.63) is 30.0 Å². The second-order valence-electron chi connectivity index (χ2n) is 5.69. The maximum atomic E-state index is 11.2. The van der Waals surface area contributed by atoms with E-state index in [0.717, 1.165) is 36.8 Å². The van der Waals surface area contributed by atoms with Crippen LogP contribution in [-0.4, -0.2) is 42.2 Å². The Bertz CT molecular complexity index is 669. The highest BCUT2D eigenvalue weighted by Crippen LogP contribution is 2.33. The molecule has 1 amide bonds. The van der Waals surface area contributed by atoms with E-state index in [9.17, 15) is 9.59 Å². The largest absolute Gasteiger partial charge is 0.361 e. The molecule has 2 N–H and O–H groups in total.